The number of rotatable bonds is 5. The van der Waals surface area contributed by atoms with E-state index >= 15 is 0 Å². The first-order chi connectivity index (χ1) is 7.86. The van der Waals surface area contributed by atoms with Crippen molar-refractivity contribution >= 4 is 16.0 Å². The molecule has 0 bridgehead atoms. The van der Waals surface area contributed by atoms with Gasteiger partial charge in [-0.25, -0.2) is 17.9 Å². The van der Waals surface area contributed by atoms with Crippen LogP contribution < -0.4 is 4.72 Å². The predicted molar refractivity (Wildman–Crippen MR) is 57.8 cm³/mol. The molecule has 0 aliphatic rings. The summed E-state index contributed by atoms with van der Waals surface area (Å²) in [6.45, 7) is 1.55. The molecule has 0 aliphatic heterocycles. The molecule has 0 spiro atoms. The van der Waals surface area contributed by atoms with Gasteiger partial charge >= 0.3 is 5.97 Å². The third-order valence-electron chi connectivity index (χ3n) is 1.95. The largest absolute Gasteiger partial charge is 0.477 e. The lowest BCUT2D eigenvalue weighted by Crippen LogP contribution is -2.32. The SMILES string of the molecule is CC(CC#N)NS(=O)(=O)c1c[nH]c(C(=O)O)c1. The second kappa shape index (κ2) is 4.99. The van der Waals surface area contributed by atoms with Gasteiger partial charge in [-0.15, -0.1) is 0 Å². The normalized spacial score (nSPS) is 12.9. The topological polar surface area (TPSA) is 123 Å². The number of hydrogen-bond acceptors (Lipinski definition) is 4. The average Bonchev–Trinajstić information content (AvgIpc) is 2.65. The van der Waals surface area contributed by atoms with Crippen molar-refractivity contribution in [3.8, 4) is 6.07 Å². The molecule has 1 aromatic rings. The highest BCUT2D eigenvalue weighted by Crippen LogP contribution is 2.11. The summed E-state index contributed by atoms with van der Waals surface area (Å²) in [5.74, 6) is -1.24. The summed E-state index contributed by atoms with van der Waals surface area (Å²) in [5.41, 5.74) is -0.210. The number of nitrogens with one attached hydrogen (secondary N) is 2. The molecule has 1 aromatic heterocycles. The van der Waals surface area contributed by atoms with Crippen LogP contribution in [0.25, 0.3) is 0 Å². The van der Waals surface area contributed by atoms with E-state index in [1.807, 2.05) is 6.07 Å². The number of carboxylic acid groups (broad SMARTS) is 1. The van der Waals surface area contributed by atoms with Crippen molar-refractivity contribution in [1.82, 2.24) is 9.71 Å². The standard InChI is InChI=1S/C9H11N3O4S/c1-6(2-3-10)12-17(15,16)7-4-8(9(13)14)11-5-7/h4-6,11-12H,2H2,1H3,(H,13,14). The maximum absolute atomic E-state index is 11.7. The van der Waals surface area contributed by atoms with Gasteiger partial charge in [0, 0.05) is 12.2 Å². The van der Waals surface area contributed by atoms with E-state index in [4.69, 9.17) is 10.4 Å². The first-order valence-corrected chi connectivity index (χ1v) is 6.16. The number of nitriles is 1. The summed E-state index contributed by atoms with van der Waals surface area (Å²) in [6.07, 6.45) is 1.13. The van der Waals surface area contributed by atoms with Crippen LogP contribution in [0.1, 0.15) is 23.8 Å². The van der Waals surface area contributed by atoms with Crippen LogP contribution in [0.15, 0.2) is 17.2 Å². The van der Waals surface area contributed by atoms with E-state index in [0.29, 0.717) is 0 Å². The predicted octanol–water partition coefficient (Wildman–Crippen LogP) is 0.293. The van der Waals surface area contributed by atoms with E-state index in [-0.39, 0.29) is 17.0 Å². The minimum atomic E-state index is -3.79. The first kappa shape index (κ1) is 13.2. The molecule has 0 saturated heterocycles. The Morgan fingerprint density at radius 2 is 2.35 bits per heavy atom. The van der Waals surface area contributed by atoms with Crippen LogP contribution in [-0.4, -0.2) is 30.5 Å². The monoisotopic (exact) mass is 257 g/mol. The number of aromatic nitrogens is 1. The molecule has 3 N–H and O–H groups in total. The molecule has 0 aliphatic carbocycles. The third-order valence-corrected chi connectivity index (χ3v) is 3.52. The van der Waals surface area contributed by atoms with Crippen molar-refractivity contribution in [2.45, 2.75) is 24.3 Å². The van der Waals surface area contributed by atoms with Crippen LogP contribution in [0.2, 0.25) is 0 Å². The van der Waals surface area contributed by atoms with Crippen LogP contribution in [0, 0.1) is 11.3 Å². The summed E-state index contributed by atoms with van der Waals surface area (Å²) in [4.78, 5) is 12.7. The molecule has 0 aromatic carbocycles. The molecular formula is C9H11N3O4S. The molecular weight excluding hydrogens is 246 g/mol. The van der Waals surface area contributed by atoms with Crippen molar-refractivity contribution in [3.05, 3.63) is 18.0 Å². The zero-order chi connectivity index (χ0) is 13.1. The Kier molecular flexibility index (Phi) is 3.88. The van der Waals surface area contributed by atoms with Crippen LogP contribution in [0.3, 0.4) is 0 Å². The fraction of sp³-hybridized carbons (Fsp3) is 0.333. The van der Waals surface area contributed by atoms with Crippen LogP contribution >= 0.6 is 0 Å². The number of aromatic carboxylic acids is 1. The fourth-order valence-electron chi connectivity index (χ4n) is 1.16. The molecule has 92 valence electrons. The van der Waals surface area contributed by atoms with Crippen LogP contribution in [-0.2, 0) is 10.0 Å². The van der Waals surface area contributed by atoms with Gasteiger partial charge in [-0.1, -0.05) is 0 Å². The Balaban J connectivity index is 2.90. The highest BCUT2D eigenvalue weighted by atomic mass is 32.2. The minimum Gasteiger partial charge on any atom is -0.477 e. The van der Waals surface area contributed by atoms with E-state index in [1.165, 1.54) is 0 Å². The smallest absolute Gasteiger partial charge is 0.352 e. The maximum Gasteiger partial charge on any atom is 0.352 e. The van der Waals surface area contributed by atoms with Gasteiger partial charge in [-0.2, -0.15) is 5.26 Å². The lowest BCUT2D eigenvalue weighted by Gasteiger charge is -2.09. The van der Waals surface area contributed by atoms with Gasteiger partial charge in [-0.05, 0) is 13.0 Å². The summed E-state index contributed by atoms with van der Waals surface area (Å²) in [6, 6.07) is 2.32. The number of carbonyl (C=O) groups is 1. The molecule has 0 fully saturated rings. The van der Waals surface area contributed by atoms with Crippen molar-refractivity contribution in [2.24, 2.45) is 0 Å². The van der Waals surface area contributed by atoms with Crippen LogP contribution in [0.4, 0.5) is 0 Å². The van der Waals surface area contributed by atoms with Gasteiger partial charge in [0.1, 0.15) is 10.6 Å². The van der Waals surface area contributed by atoms with Gasteiger partial charge in [0.15, 0.2) is 0 Å². The second-order valence-corrected chi connectivity index (χ2v) is 5.15. The Bertz CT molecular complexity index is 555. The van der Waals surface area contributed by atoms with E-state index in [9.17, 15) is 13.2 Å². The summed E-state index contributed by atoms with van der Waals surface area (Å²) in [7, 11) is -3.79. The highest BCUT2D eigenvalue weighted by molar-refractivity contribution is 7.89. The molecule has 17 heavy (non-hydrogen) atoms. The van der Waals surface area contributed by atoms with Crippen molar-refractivity contribution in [1.29, 1.82) is 5.26 Å². The van der Waals surface area contributed by atoms with E-state index in [1.54, 1.807) is 6.92 Å². The molecule has 8 heteroatoms. The zero-order valence-corrected chi connectivity index (χ0v) is 9.78. The summed E-state index contributed by atoms with van der Waals surface area (Å²) < 4.78 is 25.7. The number of aromatic amines is 1. The average molecular weight is 257 g/mol. The zero-order valence-electron chi connectivity index (χ0n) is 8.97. The lowest BCUT2D eigenvalue weighted by molar-refractivity contribution is 0.0691. The summed E-state index contributed by atoms with van der Waals surface area (Å²) in [5, 5.41) is 17.1. The van der Waals surface area contributed by atoms with E-state index in [2.05, 4.69) is 9.71 Å². The van der Waals surface area contributed by atoms with Crippen molar-refractivity contribution in [2.75, 3.05) is 0 Å². The van der Waals surface area contributed by atoms with Crippen molar-refractivity contribution < 1.29 is 18.3 Å². The first-order valence-electron chi connectivity index (χ1n) is 4.68. The number of hydrogen-bond donors (Lipinski definition) is 3. The van der Waals surface area contributed by atoms with Crippen LogP contribution in [0.5, 0.6) is 0 Å². The second-order valence-electron chi connectivity index (χ2n) is 3.44. The number of carboxylic acids is 1. The number of H-pyrrole nitrogens is 1. The summed E-state index contributed by atoms with van der Waals surface area (Å²) >= 11 is 0. The van der Waals surface area contributed by atoms with E-state index < -0.39 is 22.0 Å². The molecule has 0 radical (unpaired) electrons. The minimum absolute atomic E-state index is 0.0371. The quantitative estimate of drug-likeness (QED) is 0.699. The molecule has 1 rings (SSSR count). The Hall–Kier alpha value is -1.85. The molecule has 1 atom stereocenters. The van der Waals surface area contributed by atoms with Crippen molar-refractivity contribution in [3.63, 3.8) is 0 Å². The number of sulfonamides is 1. The van der Waals surface area contributed by atoms with Gasteiger partial charge in [0.25, 0.3) is 0 Å². The van der Waals surface area contributed by atoms with Gasteiger partial charge in [-0.3, -0.25) is 0 Å². The molecule has 1 unspecified atom stereocenters. The lowest BCUT2D eigenvalue weighted by atomic mass is 10.3. The van der Waals surface area contributed by atoms with Gasteiger partial charge < -0.3 is 10.1 Å². The van der Waals surface area contributed by atoms with Gasteiger partial charge in [0.05, 0.1) is 12.5 Å². The molecule has 0 amide bonds. The third kappa shape index (κ3) is 3.30. The highest BCUT2D eigenvalue weighted by Gasteiger charge is 2.20. The van der Waals surface area contributed by atoms with Gasteiger partial charge in [0.2, 0.25) is 10.0 Å². The Morgan fingerprint density at radius 1 is 1.71 bits per heavy atom. The molecule has 0 saturated carbocycles. The van der Waals surface area contributed by atoms with E-state index in [0.717, 1.165) is 12.3 Å². The fourth-order valence-corrected chi connectivity index (χ4v) is 2.40. The molecule has 7 nitrogen and oxygen atoms in total. The number of nitrogens with zero attached hydrogens (tertiary/aromatic N) is 1. The Labute approximate surface area is 98.1 Å². The maximum atomic E-state index is 11.7. The molecule has 1 heterocycles. The Morgan fingerprint density at radius 3 is 2.82 bits per heavy atom.